The fourth-order valence-corrected chi connectivity index (χ4v) is 3.09. The molecule has 0 bridgehead atoms. The van der Waals surface area contributed by atoms with Crippen LogP contribution in [0.4, 0.5) is 0 Å². The number of nitrogens with one attached hydrogen (secondary N) is 1. The van der Waals surface area contributed by atoms with Crippen LogP contribution in [0.1, 0.15) is 38.5 Å². The summed E-state index contributed by atoms with van der Waals surface area (Å²) in [5, 5.41) is 12.4. The van der Waals surface area contributed by atoms with Gasteiger partial charge in [-0.25, -0.2) is 0 Å². The standard InChI is InChI=1S/C15H25N3O2/c1-18-8-9-20-13(11-18)10-17-14(19)15(12-16)6-4-2-3-5-7-15/h13H,2-11H2,1H3,(H,17,19). The molecular formula is C15H25N3O2. The molecule has 1 unspecified atom stereocenters. The van der Waals surface area contributed by atoms with Gasteiger partial charge in [0.15, 0.2) is 0 Å². The smallest absolute Gasteiger partial charge is 0.240 e. The van der Waals surface area contributed by atoms with Crippen LogP contribution in [0, 0.1) is 16.7 Å². The Bertz CT molecular complexity index is 370. The lowest BCUT2D eigenvalue weighted by Gasteiger charge is -2.31. The van der Waals surface area contributed by atoms with E-state index in [0.717, 1.165) is 38.8 Å². The van der Waals surface area contributed by atoms with Gasteiger partial charge in [-0.3, -0.25) is 4.79 Å². The number of morpholine rings is 1. The van der Waals surface area contributed by atoms with Crippen LogP contribution in [-0.4, -0.2) is 50.2 Å². The molecule has 5 heteroatoms. The molecule has 112 valence electrons. The van der Waals surface area contributed by atoms with Crippen molar-refractivity contribution in [3.8, 4) is 6.07 Å². The summed E-state index contributed by atoms with van der Waals surface area (Å²) in [5.41, 5.74) is -0.808. The summed E-state index contributed by atoms with van der Waals surface area (Å²) in [4.78, 5) is 14.6. The van der Waals surface area contributed by atoms with Gasteiger partial charge in [0.1, 0.15) is 5.41 Å². The van der Waals surface area contributed by atoms with Crippen LogP contribution < -0.4 is 5.32 Å². The quantitative estimate of drug-likeness (QED) is 0.791. The normalized spacial score (nSPS) is 27.3. The fourth-order valence-electron chi connectivity index (χ4n) is 3.09. The minimum Gasteiger partial charge on any atom is -0.374 e. The van der Waals surface area contributed by atoms with Gasteiger partial charge in [-0.15, -0.1) is 0 Å². The van der Waals surface area contributed by atoms with Gasteiger partial charge in [0.25, 0.3) is 0 Å². The molecule has 1 aliphatic heterocycles. The first-order valence-corrected chi connectivity index (χ1v) is 7.66. The average Bonchev–Trinajstić information content (AvgIpc) is 2.71. The van der Waals surface area contributed by atoms with E-state index in [1.165, 1.54) is 0 Å². The van der Waals surface area contributed by atoms with Crippen LogP contribution in [0.25, 0.3) is 0 Å². The molecule has 0 aromatic carbocycles. The molecule has 1 saturated carbocycles. The predicted octanol–water partition coefficient (Wildman–Crippen LogP) is 1.30. The number of ether oxygens (including phenoxy) is 1. The molecule has 0 aromatic rings. The van der Waals surface area contributed by atoms with Gasteiger partial charge in [-0.1, -0.05) is 25.7 Å². The van der Waals surface area contributed by atoms with Gasteiger partial charge in [-0.05, 0) is 19.9 Å². The highest BCUT2D eigenvalue weighted by molar-refractivity contribution is 5.85. The molecule has 1 heterocycles. The van der Waals surface area contributed by atoms with E-state index in [1.807, 2.05) is 0 Å². The number of hydrogen-bond donors (Lipinski definition) is 1. The Morgan fingerprint density at radius 2 is 2.10 bits per heavy atom. The second-order valence-corrected chi connectivity index (χ2v) is 6.07. The molecule has 20 heavy (non-hydrogen) atoms. The lowest BCUT2D eigenvalue weighted by atomic mass is 9.81. The van der Waals surface area contributed by atoms with Crippen molar-refractivity contribution >= 4 is 5.91 Å². The van der Waals surface area contributed by atoms with Crippen LogP contribution >= 0.6 is 0 Å². The van der Waals surface area contributed by atoms with E-state index >= 15 is 0 Å². The van der Waals surface area contributed by atoms with Crippen LogP contribution in [0.15, 0.2) is 0 Å². The molecule has 1 saturated heterocycles. The summed E-state index contributed by atoms with van der Waals surface area (Å²) in [5.74, 6) is -0.0984. The van der Waals surface area contributed by atoms with Crippen molar-refractivity contribution in [2.24, 2.45) is 5.41 Å². The van der Waals surface area contributed by atoms with Gasteiger partial charge in [0, 0.05) is 19.6 Å². The van der Waals surface area contributed by atoms with Crippen molar-refractivity contribution in [2.75, 3.05) is 33.3 Å². The summed E-state index contributed by atoms with van der Waals surface area (Å²) in [6.07, 6.45) is 5.65. The highest BCUT2D eigenvalue weighted by Gasteiger charge is 2.39. The van der Waals surface area contributed by atoms with Crippen molar-refractivity contribution in [1.29, 1.82) is 5.26 Å². The van der Waals surface area contributed by atoms with Gasteiger partial charge in [0.2, 0.25) is 5.91 Å². The minimum absolute atomic E-state index is 0.0409. The molecule has 2 rings (SSSR count). The summed E-state index contributed by atoms with van der Waals surface area (Å²) in [6.45, 7) is 2.99. The Hall–Kier alpha value is -1.12. The van der Waals surface area contributed by atoms with Crippen LogP contribution in [-0.2, 0) is 9.53 Å². The molecule has 1 N–H and O–H groups in total. The topological polar surface area (TPSA) is 65.4 Å². The molecule has 0 radical (unpaired) electrons. The van der Waals surface area contributed by atoms with Gasteiger partial charge < -0.3 is 15.0 Å². The number of amides is 1. The second kappa shape index (κ2) is 7.05. The zero-order valence-corrected chi connectivity index (χ0v) is 12.4. The zero-order chi connectivity index (χ0) is 14.4. The molecule has 2 aliphatic rings. The predicted molar refractivity (Wildman–Crippen MR) is 76.0 cm³/mol. The second-order valence-electron chi connectivity index (χ2n) is 6.07. The summed E-state index contributed by atoms with van der Waals surface area (Å²) in [6, 6.07) is 2.29. The monoisotopic (exact) mass is 279 g/mol. The van der Waals surface area contributed by atoms with Crippen molar-refractivity contribution in [3.05, 3.63) is 0 Å². The third-order valence-electron chi connectivity index (χ3n) is 4.44. The number of likely N-dealkylation sites (N-methyl/N-ethyl adjacent to an activating group) is 1. The van der Waals surface area contributed by atoms with E-state index in [1.54, 1.807) is 0 Å². The number of nitrogens with zero attached hydrogens (tertiary/aromatic N) is 2. The Morgan fingerprint density at radius 3 is 2.70 bits per heavy atom. The highest BCUT2D eigenvalue weighted by Crippen LogP contribution is 2.34. The SMILES string of the molecule is CN1CCOC(CNC(=O)C2(C#N)CCCCCC2)C1. The highest BCUT2D eigenvalue weighted by atomic mass is 16.5. The third-order valence-corrected chi connectivity index (χ3v) is 4.44. The molecule has 0 spiro atoms. The van der Waals surface area contributed by atoms with Gasteiger partial charge in [-0.2, -0.15) is 5.26 Å². The first-order valence-electron chi connectivity index (χ1n) is 7.66. The molecule has 1 aliphatic carbocycles. The maximum absolute atomic E-state index is 12.4. The van der Waals surface area contributed by atoms with E-state index < -0.39 is 5.41 Å². The van der Waals surface area contributed by atoms with Crippen LogP contribution in [0.5, 0.6) is 0 Å². The van der Waals surface area contributed by atoms with E-state index in [0.29, 0.717) is 26.0 Å². The van der Waals surface area contributed by atoms with Gasteiger partial charge >= 0.3 is 0 Å². The fraction of sp³-hybridized carbons (Fsp3) is 0.867. The number of rotatable bonds is 3. The van der Waals surface area contributed by atoms with Crippen LogP contribution in [0.2, 0.25) is 0 Å². The third kappa shape index (κ3) is 3.71. The Morgan fingerprint density at radius 1 is 1.40 bits per heavy atom. The Labute approximate surface area is 121 Å². The molecule has 1 amide bonds. The van der Waals surface area contributed by atoms with E-state index in [4.69, 9.17) is 4.74 Å². The number of carbonyl (C=O) groups excluding carboxylic acids is 1. The summed E-state index contributed by atoms with van der Waals surface area (Å²) < 4.78 is 5.64. The number of nitriles is 1. The molecular weight excluding hydrogens is 254 g/mol. The average molecular weight is 279 g/mol. The first kappa shape index (κ1) is 15.3. The van der Waals surface area contributed by atoms with E-state index in [2.05, 4.69) is 23.3 Å². The summed E-state index contributed by atoms with van der Waals surface area (Å²) >= 11 is 0. The Kier molecular flexibility index (Phi) is 5.38. The molecule has 0 aromatic heterocycles. The largest absolute Gasteiger partial charge is 0.374 e. The Balaban J connectivity index is 1.87. The van der Waals surface area contributed by atoms with Crippen molar-refractivity contribution < 1.29 is 9.53 Å². The minimum atomic E-state index is -0.808. The van der Waals surface area contributed by atoms with E-state index in [9.17, 15) is 10.1 Å². The molecule has 1 atom stereocenters. The van der Waals surface area contributed by atoms with Crippen molar-refractivity contribution in [3.63, 3.8) is 0 Å². The van der Waals surface area contributed by atoms with Crippen molar-refractivity contribution in [2.45, 2.75) is 44.6 Å². The van der Waals surface area contributed by atoms with Gasteiger partial charge in [0.05, 0.1) is 18.8 Å². The molecule has 2 fully saturated rings. The van der Waals surface area contributed by atoms with Crippen LogP contribution in [0.3, 0.4) is 0 Å². The maximum Gasteiger partial charge on any atom is 0.240 e. The zero-order valence-electron chi connectivity index (χ0n) is 12.4. The lowest BCUT2D eigenvalue weighted by molar-refractivity contribution is -0.130. The number of hydrogen-bond acceptors (Lipinski definition) is 4. The number of carbonyl (C=O) groups is 1. The summed E-state index contributed by atoms with van der Waals surface area (Å²) in [7, 11) is 2.05. The van der Waals surface area contributed by atoms with E-state index in [-0.39, 0.29) is 12.0 Å². The maximum atomic E-state index is 12.4. The lowest BCUT2D eigenvalue weighted by Crippen LogP contribution is -2.48. The molecule has 5 nitrogen and oxygen atoms in total. The first-order chi connectivity index (χ1) is 9.66. The van der Waals surface area contributed by atoms with Crippen molar-refractivity contribution in [1.82, 2.24) is 10.2 Å².